The van der Waals surface area contributed by atoms with E-state index < -0.39 is 6.61 Å². The number of nitrogens with zero attached hydrogens (tertiary/aromatic N) is 3. The second-order valence-corrected chi connectivity index (χ2v) is 7.31. The third-order valence-corrected chi connectivity index (χ3v) is 4.31. The summed E-state index contributed by atoms with van der Waals surface area (Å²) in [5, 5.41) is 8.23. The van der Waals surface area contributed by atoms with Crippen molar-refractivity contribution >= 4 is 21.4 Å². The molecule has 0 spiro atoms. The van der Waals surface area contributed by atoms with Gasteiger partial charge in [-0.25, -0.2) is 9.50 Å². The predicted molar refractivity (Wildman–Crippen MR) is 90.0 cm³/mol. The molecule has 0 aliphatic rings. The maximum absolute atomic E-state index is 12.4. The highest BCUT2D eigenvalue weighted by Gasteiger charge is 2.19. The molecule has 0 atom stereocenters. The fraction of sp³-hybridized carbons (Fsp3) is 0.375. The Morgan fingerprint density at radius 3 is 2.71 bits per heavy atom. The molecule has 128 valence electrons. The quantitative estimate of drug-likeness (QED) is 0.744. The van der Waals surface area contributed by atoms with E-state index in [4.69, 9.17) is 0 Å². The van der Waals surface area contributed by atoms with Crippen LogP contribution in [0.25, 0.3) is 4.96 Å². The van der Waals surface area contributed by atoms with E-state index >= 15 is 0 Å². The number of halogens is 2. The van der Waals surface area contributed by atoms with Gasteiger partial charge in [0.1, 0.15) is 5.75 Å². The van der Waals surface area contributed by atoms with Crippen LogP contribution < -0.4 is 10.1 Å². The number of hydrogen-bond acceptors (Lipinski definition) is 5. The number of ether oxygens (including phenoxy) is 1. The molecule has 2 heterocycles. The molecule has 0 saturated carbocycles. The molecule has 1 N–H and O–H groups in total. The summed E-state index contributed by atoms with van der Waals surface area (Å²) in [6.07, 6.45) is 1.91. The van der Waals surface area contributed by atoms with E-state index in [1.807, 2.05) is 6.20 Å². The lowest BCUT2D eigenvalue weighted by molar-refractivity contribution is -0.0504. The molecular weight excluding hydrogens is 334 g/mol. The van der Waals surface area contributed by atoms with Crippen molar-refractivity contribution in [1.29, 1.82) is 0 Å². The van der Waals surface area contributed by atoms with Crippen LogP contribution in [0.3, 0.4) is 0 Å². The van der Waals surface area contributed by atoms with Crippen LogP contribution in [-0.2, 0) is 12.0 Å². The first kappa shape index (κ1) is 16.6. The zero-order valence-corrected chi connectivity index (χ0v) is 14.4. The van der Waals surface area contributed by atoms with Gasteiger partial charge in [-0.3, -0.25) is 0 Å². The van der Waals surface area contributed by atoms with Crippen LogP contribution >= 0.6 is 11.3 Å². The average molecular weight is 352 g/mol. The Kier molecular flexibility index (Phi) is 4.40. The summed E-state index contributed by atoms with van der Waals surface area (Å²) in [7, 11) is 0. The topological polar surface area (TPSA) is 51.5 Å². The number of alkyl halides is 2. The summed E-state index contributed by atoms with van der Waals surface area (Å²) in [6.45, 7) is 3.78. The summed E-state index contributed by atoms with van der Waals surface area (Å²) in [4.78, 5) is 5.36. The Morgan fingerprint density at radius 2 is 2.04 bits per heavy atom. The Hall–Kier alpha value is -2.22. The number of nitrogens with one attached hydrogen (secondary N) is 1. The largest absolute Gasteiger partial charge is 0.434 e. The number of aromatic nitrogens is 3. The molecule has 2 aromatic heterocycles. The van der Waals surface area contributed by atoms with Gasteiger partial charge < -0.3 is 10.1 Å². The van der Waals surface area contributed by atoms with Crippen molar-refractivity contribution in [3.63, 3.8) is 0 Å². The van der Waals surface area contributed by atoms with E-state index in [-0.39, 0.29) is 11.2 Å². The van der Waals surface area contributed by atoms with Gasteiger partial charge in [-0.2, -0.15) is 8.78 Å². The maximum Gasteiger partial charge on any atom is 0.387 e. The molecule has 3 rings (SSSR count). The van der Waals surface area contributed by atoms with Gasteiger partial charge in [-0.1, -0.05) is 50.3 Å². The standard InChI is InChI=1S/C16H18F2N4OS/c1-16(2,3)12-9-22-15(20-12)24-14(21-22)19-8-10-6-4-5-7-11(10)23-13(17)18/h4-7,9,13H,8H2,1-3H3,(H,19,21). The highest BCUT2D eigenvalue weighted by Crippen LogP contribution is 2.27. The fourth-order valence-corrected chi connectivity index (χ4v) is 2.94. The van der Waals surface area contributed by atoms with Gasteiger partial charge >= 0.3 is 6.61 Å². The molecule has 3 aromatic rings. The Balaban J connectivity index is 1.73. The van der Waals surface area contributed by atoms with E-state index in [0.29, 0.717) is 17.2 Å². The molecule has 0 fully saturated rings. The molecule has 0 amide bonds. The zero-order valence-electron chi connectivity index (χ0n) is 13.6. The number of imidazole rings is 1. The maximum atomic E-state index is 12.4. The third kappa shape index (κ3) is 3.64. The second-order valence-electron chi connectivity index (χ2n) is 6.35. The van der Waals surface area contributed by atoms with E-state index in [2.05, 4.69) is 40.9 Å². The van der Waals surface area contributed by atoms with Gasteiger partial charge in [-0.05, 0) is 6.07 Å². The molecule has 0 saturated heterocycles. The van der Waals surface area contributed by atoms with Gasteiger partial charge in [-0.15, -0.1) is 5.10 Å². The van der Waals surface area contributed by atoms with Crippen molar-refractivity contribution in [3.05, 3.63) is 41.7 Å². The van der Waals surface area contributed by atoms with Crippen molar-refractivity contribution in [2.45, 2.75) is 39.3 Å². The number of para-hydroxylation sites is 1. The average Bonchev–Trinajstić information content (AvgIpc) is 3.03. The van der Waals surface area contributed by atoms with E-state index in [0.717, 1.165) is 10.7 Å². The molecule has 0 unspecified atom stereocenters. The molecule has 0 aliphatic heterocycles. The first-order valence-electron chi connectivity index (χ1n) is 7.46. The van der Waals surface area contributed by atoms with Crippen molar-refractivity contribution in [2.75, 3.05) is 5.32 Å². The zero-order chi connectivity index (χ0) is 17.3. The molecule has 1 aromatic carbocycles. The molecule has 8 heteroatoms. The number of fused-ring (bicyclic) bond motifs is 1. The van der Waals surface area contributed by atoms with Crippen molar-refractivity contribution < 1.29 is 13.5 Å². The lowest BCUT2D eigenvalue weighted by Gasteiger charge is -2.13. The van der Waals surface area contributed by atoms with Gasteiger partial charge in [0.05, 0.1) is 11.9 Å². The smallest absolute Gasteiger partial charge is 0.387 e. The number of hydrogen-bond donors (Lipinski definition) is 1. The van der Waals surface area contributed by atoms with Gasteiger partial charge in [0.15, 0.2) is 0 Å². The first-order chi connectivity index (χ1) is 11.3. The molecular formula is C16H18F2N4OS. The van der Waals surface area contributed by atoms with Crippen molar-refractivity contribution in [3.8, 4) is 5.75 Å². The van der Waals surface area contributed by atoms with Gasteiger partial charge in [0, 0.05) is 17.5 Å². The summed E-state index contributed by atoms with van der Waals surface area (Å²) in [6, 6.07) is 6.70. The monoisotopic (exact) mass is 352 g/mol. The third-order valence-electron chi connectivity index (χ3n) is 3.43. The van der Waals surface area contributed by atoms with E-state index in [1.165, 1.54) is 17.4 Å². The molecule has 0 radical (unpaired) electrons. The normalized spacial score (nSPS) is 12.1. The minimum Gasteiger partial charge on any atom is -0.434 e. The number of rotatable bonds is 5. The van der Waals surface area contributed by atoms with Crippen molar-refractivity contribution in [1.82, 2.24) is 14.6 Å². The van der Waals surface area contributed by atoms with E-state index in [1.54, 1.807) is 22.7 Å². The van der Waals surface area contributed by atoms with Crippen LogP contribution in [-0.4, -0.2) is 21.2 Å². The predicted octanol–water partition coefficient (Wildman–Crippen LogP) is 4.30. The van der Waals surface area contributed by atoms with E-state index in [9.17, 15) is 8.78 Å². The van der Waals surface area contributed by atoms with Crippen LogP contribution in [0.1, 0.15) is 32.0 Å². The number of anilines is 1. The highest BCUT2D eigenvalue weighted by atomic mass is 32.1. The summed E-state index contributed by atoms with van der Waals surface area (Å²) in [5.74, 6) is 0.163. The first-order valence-corrected chi connectivity index (χ1v) is 8.28. The van der Waals surface area contributed by atoms with Crippen LogP contribution in [0.5, 0.6) is 5.75 Å². The Labute approximate surface area is 142 Å². The highest BCUT2D eigenvalue weighted by molar-refractivity contribution is 7.20. The Morgan fingerprint density at radius 1 is 1.29 bits per heavy atom. The Bertz CT molecular complexity index is 807. The number of benzene rings is 1. The fourth-order valence-electron chi connectivity index (χ4n) is 2.16. The summed E-state index contributed by atoms with van der Waals surface area (Å²) >= 11 is 1.41. The van der Waals surface area contributed by atoms with Crippen molar-refractivity contribution in [2.24, 2.45) is 0 Å². The SMILES string of the molecule is CC(C)(C)c1cn2nc(NCc3ccccc3OC(F)F)sc2n1. The minimum absolute atomic E-state index is 0.0352. The minimum atomic E-state index is -2.84. The molecule has 0 bridgehead atoms. The second kappa shape index (κ2) is 6.35. The van der Waals surface area contributed by atoms with Crippen LogP contribution in [0.15, 0.2) is 30.5 Å². The molecule has 24 heavy (non-hydrogen) atoms. The molecule has 5 nitrogen and oxygen atoms in total. The van der Waals surface area contributed by atoms with Crippen LogP contribution in [0, 0.1) is 0 Å². The lowest BCUT2D eigenvalue weighted by atomic mass is 9.93. The van der Waals surface area contributed by atoms with Gasteiger partial charge in [0.25, 0.3) is 0 Å². The summed E-state index contributed by atoms with van der Waals surface area (Å²) in [5.41, 5.74) is 1.58. The van der Waals surface area contributed by atoms with Crippen LogP contribution in [0.2, 0.25) is 0 Å². The lowest BCUT2D eigenvalue weighted by Crippen LogP contribution is -2.11. The molecule has 0 aliphatic carbocycles. The van der Waals surface area contributed by atoms with Gasteiger partial charge in [0.2, 0.25) is 10.1 Å². The summed E-state index contributed by atoms with van der Waals surface area (Å²) < 4.78 is 31.1. The van der Waals surface area contributed by atoms with Crippen LogP contribution in [0.4, 0.5) is 13.9 Å².